The predicted octanol–water partition coefficient (Wildman–Crippen LogP) is 0.922. The van der Waals surface area contributed by atoms with Crippen molar-refractivity contribution in [1.29, 1.82) is 0 Å². The van der Waals surface area contributed by atoms with Crippen LogP contribution in [0.25, 0.3) is 0 Å². The van der Waals surface area contributed by atoms with Crippen molar-refractivity contribution in [2.24, 2.45) is 0 Å². The van der Waals surface area contributed by atoms with Gasteiger partial charge in [0.15, 0.2) is 0 Å². The molecule has 1 aromatic rings. The molecule has 0 spiro atoms. The molecule has 0 bridgehead atoms. The van der Waals surface area contributed by atoms with Crippen LogP contribution in [0, 0.1) is 0 Å². The van der Waals surface area contributed by atoms with Crippen LogP contribution in [0.1, 0.15) is 18.4 Å². The van der Waals surface area contributed by atoms with E-state index in [1.165, 1.54) is 0 Å². The van der Waals surface area contributed by atoms with E-state index in [0.717, 1.165) is 12.0 Å². The Morgan fingerprint density at radius 3 is 2.79 bits per heavy atom. The molecule has 1 aliphatic heterocycles. The van der Waals surface area contributed by atoms with Gasteiger partial charge >= 0.3 is 0 Å². The lowest BCUT2D eigenvalue weighted by atomic mass is 10.1. The molecule has 5 heteroatoms. The Labute approximate surface area is 118 Å². The van der Waals surface area contributed by atoms with Crippen molar-refractivity contribution >= 4 is 24.4 Å². The molecule has 2 rings (SSSR count). The molecule has 2 unspecified atom stereocenters. The second-order valence-electron chi connectivity index (χ2n) is 4.75. The molecule has 2 atom stereocenters. The molecule has 19 heavy (non-hydrogen) atoms. The number of benzene rings is 1. The van der Waals surface area contributed by atoms with E-state index in [2.05, 4.69) is 23.3 Å². The molecule has 0 radical (unpaired) electrons. The van der Waals surface area contributed by atoms with Gasteiger partial charge in [-0.3, -0.25) is 9.59 Å². The van der Waals surface area contributed by atoms with E-state index < -0.39 is 0 Å². The summed E-state index contributed by atoms with van der Waals surface area (Å²) in [4.78, 5) is 22.9. The Morgan fingerprint density at radius 1 is 1.42 bits per heavy atom. The fourth-order valence-corrected chi connectivity index (χ4v) is 2.40. The normalized spacial score (nSPS) is 19.8. The number of amides is 2. The van der Waals surface area contributed by atoms with Crippen molar-refractivity contribution in [2.75, 3.05) is 6.54 Å². The molecule has 1 aliphatic rings. The monoisotopic (exact) mass is 278 g/mol. The summed E-state index contributed by atoms with van der Waals surface area (Å²) >= 11 is 4.33. The number of carbonyl (C=O) groups excluding carboxylic acids is 2. The molecule has 2 N–H and O–H groups in total. The van der Waals surface area contributed by atoms with Gasteiger partial charge in [-0.15, -0.1) is 0 Å². The topological polar surface area (TPSA) is 58.2 Å². The van der Waals surface area contributed by atoms with Crippen LogP contribution >= 0.6 is 12.6 Å². The van der Waals surface area contributed by atoms with Crippen LogP contribution in [0.2, 0.25) is 0 Å². The smallest absolute Gasteiger partial charge is 0.233 e. The lowest BCUT2D eigenvalue weighted by Gasteiger charge is -2.14. The summed E-state index contributed by atoms with van der Waals surface area (Å²) in [6, 6.07) is 9.86. The summed E-state index contributed by atoms with van der Waals surface area (Å²) in [5.74, 6) is -0.0284. The highest BCUT2D eigenvalue weighted by molar-refractivity contribution is 7.81. The Bertz CT molecular complexity index is 450. The summed E-state index contributed by atoms with van der Waals surface area (Å²) in [5.41, 5.74) is 1.09. The van der Waals surface area contributed by atoms with Crippen LogP contribution in [-0.2, 0) is 16.0 Å². The van der Waals surface area contributed by atoms with Gasteiger partial charge < -0.3 is 10.6 Å². The minimum absolute atomic E-state index is 0.0611. The van der Waals surface area contributed by atoms with Gasteiger partial charge in [-0.25, -0.2) is 0 Å². The van der Waals surface area contributed by atoms with Gasteiger partial charge in [-0.1, -0.05) is 30.3 Å². The van der Waals surface area contributed by atoms with Gasteiger partial charge in [-0.05, 0) is 18.4 Å². The summed E-state index contributed by atoms with van der Waals surface area (Å²) in [6.07, 6.45) is 1.94. The molecule has 0 aliphatic carbocycles. The summed E-state index contributed by atoms with van der Waals surface area (Å²) in [7, 11) is 0. The van der Waals surface area contributed by atoms with Crippen LogP contribution in [0.3, 0.4) is 0 Å². The van der Waals surface area contributed by atoms with Crippen LogP contribution in [0.4, 0.5) is 0 Å². The van der Waals surface area contributed by atoms with Crippen LogP contribution in [0.5, 0.6) is 0 Å². The minimum Gasteiger partial charge on any atom is -0.353 e. The van der Waals surface area contributed by atoms with Crippen molar-refractivity contribution < 1.29 is 9.59 Å². The molecule has 2 amide bonds. The van der Waals surface area contributed by atoms with Gasteiger partial charge in [0.05, 0.1) is 5.25 Å². The SMILES string of the molecule is O=C1CCC(CNC(=O)C(S)Cc2ccccc2)N1. The fraction of sp³-hybridized carbons (Fsp3) is 0.429. The highest BCUT2D eigenvalue weighted by Crippen LogP contribution is 2.09. The lowest BCUT2D eigenvalue weighted by Crippen LogP contribution is -2.41. The number of carbonyl (C=O) groups is 2. The molecule has 4 nitrogen and oxygen atoms in total. The summed E-state index contributed by atoms with van der Waals surface area (Å²) in [5, 5.41) is 5.29. The molecule has 1 aromatic carbocycles. The van der Waals surface area contributed by atoms with E-state index in [4.69, 9.17) is 0 Å². The maximum Gasteiger partial charge on any atom is 0.233 e. The summed E-state index contributed by atoms with van der Waals surface area (Å²) in [6.45, 7) is 0.483. The zero-order chi connectivity index (χ0) is 13.7. The minimum atomic E-state index is -0.362. The number of rotatable bonds is 5. The summed E-state index contributed by atoms with van der Waals surface area (Å²) < 4.78 is 0. The third kappa shape index (κ3) is 4.28. The Hall–Kier alpha value is -1.49. The quantitative estimate of drug-likeness (QED) is 0.702. The van der Waals surface area contributed by atoms with Crippen LogP contribution in [-0.4, -0.2) is 29.7 Å². The molecule has 1 fully saturated rings. The first-order chi connectivity index (χ1) is 9.15. The van der Waals surface area contributed by atoms with Gasteiger partial charge in [0, 0.05) is 19.0 Å². The third-order valence-electron chi connectivity index (χ3n) is 3.18. The van der Waals surface area contributed by atoms with E-state index in [1.54, 1.807) is 0 Å². The Balaban J connectivity index is 1.75. The molecule has 1 saturated heterocycles. The van der Waals surface area contributed by atoms with Gasteiger partial charge in [0.25, 0.3) is 0 Å². The molecular formula is C14H18N2O2S. The molecule has 0 saturated carbocycles. The number of thiol groups is 1. The zero-order valence-electron chi connectivity index (χ0n) is 10.6. The highest BCUT2D eigenvalue weighted by Gasteiger charge is 2.22. The average molecular weight is 278 g/mol. The van der Waals surface area contributed by atoms with Gasteiger partial charge in [-0.2, -0.15) is 12.6 Å². The van der Waals surface area contributed by atoms with Crippen molar-refractivity contribution in [3.05, 3.63) is 35.9 Å². The van der Waals surface area contributed by atoms with Crippen molar-refractivity contribution in [1.82, 2.24) is 10.6 Å². The number of hydrogen-bond donors (Lipinski definition) is 3. The first kappa shape index (κ1) is 13.9. The Kier molecular flexibility index (Phi) is 4.85. The molecular weight excluding hydrogens is 260 g/mol. The highest BCUT2D eigenvalue weighted by atomic mass is 32.1. The van der Waals surface area contributed by atoms with E-state index in [1.807, 2.05) is 30.3 Å². The van der Waals surface area contributed by atoms with Crippen molar-refractivity contribution in [3.63, 3.8) is 0 Å². The van der Waals surface area contributed by atoms with Crippen molar-refractivity contribution in [2.45, 2.75) is 30.6 Å². The molecule has 102 valence electrons. The van der Waals surface area contributed by atoms with Gasteiger partial charge in [0.2, 0.25) is 11.8 Å². The van der Waals surface area contributed by atoms with Gasteiger partial charge in [0.1, 0.15) is 0 Å². The maximum atomic E-state index is 11.9. The standard InChI is InChI=1S/C14H18N2O2S/c17-13-7-6-11(16-13)9-15-14(18)12(19)8-10-4-2-1-3-5-10/h1-5,11-12,19H,6-9H2,(H,15,18)(H,16,17). The average Bonchev–Trinajstić information content (AvgIpc) is 2.83. The Morgan fingerprint density at radius 2 is 2.16 bits per heavy atom. The number of hydrogen-bond acceptors (Lipinski definition) is 3. The zero-order valence-corrected chi connectivity index (χ0v) is 11.5. The number of nitrogens with one attached hydrogen (secondary N) is 2. The van der Waals surface area contributed by atoms with E-state index in [9.17, 15) is 9.59 Å². The second-order valence-corrected chi connectivity index (χ2v) is 5.38. The van der Waals surface area contributed by atoms with E-state index >= 15 is 0 Å². The largest absolute Gasteiger partial charge is 0.353 e. The first-order valence-electron chi connectivity index (χ1n) is 6.44. The first-order valence-corrected chi connectivity index (χ1v) is 6.96. The molecule has 1 heterocycles. The molecule has 0 aromatic heterocycles. The fourth-order valence-electron chi connectivity index (χ4n) is 2.10. The lowest BCUT2D eigenvalue weighted by molar-refractivity contribution is -0.121. The van der Waals surface area contributed by atoms with Crippen LogP contribution < -0.4 is 10.6 Å². The van der Waals surface area contributed by atoms with Crippen molar-refractivity contribution in [3.8, 4) is 0 Å². The third-order valence-corrected chi connectivity index (χ3v) is 3.60. The predicted molar refractivity (Wildman–Crippen MR) is 77.1 cm³/mol. The maximum absolute atomic E-state index is 11.9. The van der Waals surface area contributed by atoms with Crippen LogP contribution in [0.15, 0.2) is 30.3 Å². The van der Waals surface area contributed by atoms with E-state index in [0.29, 0.717) is 19.4 Å². The van der Waals surface area contributed by atoms with E-state index in [-0.39, 0.29) is 23.1 Å². The second kappa shape index (κ2) is 6.61.